The van der Waals surface area contributed by atoms with E-state index in [-0.39, 0.29) is 5.91 Å². The van der Waals surface area contributed by atoms with Gasteiger partial charge in [-0.05, 0) is 30.5 Å². The first-order valence-corrected chi connectivity index (χ1v) is 9.07. The Bertz CT molecular complexity index is 814. The van der Waals surface area contributed by atoms with Crippen LogP contribution in [0.2, 0.25) is 0 Å². The van der Waals surface area contributed by atoms with Crippen LogP contribution in [0.25, 0.3) is 11.0 Å². The number of carbonyl (C=O) groups is 1. The van der Waals surface area contributed by atoms with Gasteiger partial charge in [0.2, 0.25) is 5.91 Å². The van der Waals surface area contributed by atoms with E-state index in [0.29, 0.717) is 12.3 Å². The van der Waals surface area contributed by atoms with Crippen LogP contribution in [-0.2, 0) is 18.3 Å². The van der Waals surface area contributed by atoms with E-state index < -0.39 is 0 Å². The topological polar surface area (TPSA) is 46.9 Å². The minimum atomic E-state index is 0.0557. The van der Waals surface area contributed by atoms with Crippen molar-refractivity contribution < 1.29 is 4.79 Å². The molecule has 0 radical (unpaired) electrons. The molecule has 0 saturated heterocycles. The highest BCUT2D eigenvalue weighted by Crippen LogP contribution is 2.22. The maximum Gasteiger partial charge on any atom is 0.230 e. The van der Waals surface area contributed by atoms with Crippen LogP contribution in [0.4, 0.5) is 0 Å². The fourth-order valence-corrected chi connectivity index (χ4v) is 3.42. The van der Waals surface area contributed by atoms with E-state index in [1.807, 2.05) is 54.1 Å². The summed E-state index contributed by atoms with van der Waals surface area (Å²) in [5, 5.41) is 3.85. The third-order valence-corrected chi connectivity index (χ3v) is 4.92. The van der Waals surface area contributed by atoms with Crippen LogP contribution in [0.3, 0.4) is 0 Å². The number of imidazole rings is 1. The van der Waals surface area contributed by atoms with E-state index in [1.165, 1.54) is 17.3 Å². The first-order valence-electron chi connectivity index (χ1n) is 8.09. The number of nitrogens with zero attached hydrogens (tertiary/aromatic N) is 2. The van der Waals surface area contributed by atoms with Crippen molar-refractivity contribution >= 4 is 28.7 Å². The van der Waals surface area contributed by atoms with Crippen LogP contribution in [-0.4, -0.2) is 27.8 Å². The van der Waals surface area contributed by atoms with Gasteiger partial charge in [-0.2, -0.15) is 0 Å². The molecule has 1 N–H and O–H groups in total. The van der Waals surface area contributed by atoms with Gasteiger partial charge in [0.25, 0.3) is 0 Å². The fraction of sp³-hybridized carbons (Fsp3) is 0.263. The zero-order valence-corrected chi connectivity index (χ0v) is 14.6. The number of hydrogen-bond acceptors (Lipinski definition) is 3. The first kappa shape index (κ1) is 16.6. The predicted octanol–water partition coefficient (Wildman–Crippen LogP) is 3.41. The summed E-state index contributed by atoms with van der Waals surface area (Å²) < 4.78 is 2.03. The zero-order chi connectivity index (χ0) is 16.8. The molecule has 1 amide bonds. The molecule has 0 aliphatic rings. The van der Waals surface area contributed by atoms with Crippen molar-refractivity contribution in [3.63, 3.8) is 0 Å². The second-order valence-corrected chi connectivity index (χ2v) is 6.61. The number of para-hydroxylation sites is 2. The predicted molar refractivity (Wildman–Crippen MR) is 99.2 cm³/mol. The number of nitrogens with one attached hydrogen (secondary N) is 1. The van der Waals surface area contributed by atoms with Gasteiger partial charge in [-0.1, -0.05) is 54.2 Å². The van der Waals surface area contributed by atoms with Crippen LogP contribution in [0.1, 0.15) is 12.0 Å². The minimum Gasteiger partial charge on any atom is -0.355 e. The summed E-state index contributed by atoms with van der Waals surface area (Å²) in [6.07, 6.45) is 1.94. The van der Waals surface area contributed by atoms with Gasteiger partial charge in [-0.3, -0.25) is 4.79 Å². The number of carbonyl (C=O) groups excluding carboxylic acids is 1. The molecule has 4 nitrogen and oxygen atoms in total. The van der Waals surface area contributed by atoms with Crippen LogP contribution < -0.4 is 5.32 Å². The Balaban J connectivity index is 1.43. The molecule has 0 bridgehead atoms. The lowest BCUT2D eigenvalue weighted by atomic mass is 10.1. The molecule has 3 aromatic rings. The van der Waals surface area contributed by atoms with Crippen LogP contribution in [0, 0.1) is 0 Å². The summed E-state index contributed by atoms with van der Waals surface area (Å²) >= 11 is 1.48. The van der Waals surface area contributed by atoms with E-state index in [1.54, 1.807) is 0 Å². The quantitative estimate of drug-likeness (QED) is 0.530. The summed E-state index contributed by atoms with van der Waals surface area (Å²) in [7, 11) is 1.98. The van der Waals surface area contributed by atoms with Crippen molar-refractivity contribution in [1.29, 1.82) is 0 Å². The summed E-state index contributed by atoms with van der Waals surface area (Å²) in [6, 6.07) is 18.3. The zero-order valence-electron chi connectivity index (χ0n) is 13.7. The summed E-state index contributed by atoms with van der Waals surface area (Å²) in [5.41, 5.74) is 3.36. The van der Waals surface area contributed by atoms with E-state index in [0.717, 1.165) is 29.0 Å². The molecule has 1 heterocycles. The number of hydrogen-bond donors (Lipinski definition) is 1. The molecule has 2 aromatic carbocycles. The lowest BCUT2D eigenvalue weighted by Gasteiger charge is -2.05. The standard InChI is InChI=1S/C19H21N3OS/c1-22-17-12-6-5-11-16(17)21-19(22)24-14-18(23)20-13-7-10-15-8-3-2-4-9-15/h2-6,8-9,11-12H,7,10,13-14H2,1H3,(H,20,23). The Hall–Kier alpha value is -2.27. The van der Waals surface area contributed by atoms with Crippen molar-refractivity contribution in [2.45, 2.75) is 18.0 Å². The number of thioether (sulfide) groups is 1. The number of aromatic nitrogens is 2. The smallest absolute Gasteiger partial charge is 0.230 e. The van der Waals surface area contributed by atoms with E-state index in [2.05, 4.69) is 22.4 Å². The van der Waals surface area contributed by atoms with Gasteiger partial charge >= 0.3 is 0 Å². The fourth-order valence-electron chi connectivity index (χ4n) is 2.60. The van der Waals surface area contributed by atoms with Crippen LogP contribution in [0.5, 0.6) is 0 Å². The summed E-state index contributed by atoms with van der Waals surface area (Å²) in [5.74, 6) is 0.447. The average Bonchev–Trinajstić information content (AvgIpc) is 2.94. The molecule has 5 heteroatoms. The first-order chi connectivity index (χ1) is 11.7. The SMILES string of the molecule is Cn1c(SCC(=O)NCCCc2ccccc2)nc2ccccc21. The van der Waals surface area contributed by atoms with Gasteiger partial charge < -0.3 is 9.88 Å². The molecule has 24 heavy (non-hydrogen) atoms. The highest BCUT2D eigenvalue weighted by Gasteiger charge is 2.09. The molecule has 1 aromatic heterocycles. The lowest BCUT2D eigenvalue weighted by Crippen LogP contribution is -2.26. The average molecular weight is 339 g/mol. The number of aryl methyl sites for hydroxylation is 2. The molecule has 0 aliphatic carbocycles. The van der Waals surface area contributed by atoms with Gasteiger partial charge in [0.1, 0.15) is 0 Å². The molecule has 0 aliphatic heterocycles. The van der Waals surface area contributed by atoms with Gasteiger partial charge in [-0.15, -0.1) is 0 Å². The monoisotopic (exact) mass is 339 g/mol. The van der Waals surface area contributed by atoms with Crippen molar-refractivity contribution in [1.82, 2.24) is 14.9 Å². The normalized spacial score (nSPS) is 10.9. The third kappa shape index (κ3) is 4.17. The Labute approximate surface area is 146 Å². The number of rotatable bonds is 7. The van der Waals surface area contributed by atoms with E-state index in [9.17, 15) is 4.79 Å². The number of fused-ring (bicyclic) bond motifs is 1. The Morgan fingerprint density at radius 2 is 1.88 bits per heavy atom. The van der Waals surface area contributed by atoms with Gasteiger partial charge in [-0.25, -0.2) is 4.98 Å². The molecule has 0 fully saturated rings. The van der Waals surface area contributed by atoms with Crippen LogP contribution in [0.15, 0.2) is 59.8 Å². The highest BCUT2D eigenvalue weighted by molar-refractivity contribution is 7.99. The Morgan fingerprint density at radius 3 is 2.67 bits per heavy atom. The second-order valence-electron chi connectivity index (χ2n) is 5.67. The number of benzene rings is 2. The van der Waals surface area contributed by atoms with Gasteiger partial charge in [0.15, 0.2) is 5.16 Å². The Kier molecular flexibility index (Phi) is 5.54. The maximum absolute atomic E-state index is 12.0. The molecular formula is C19H21N3OS. The second kappa shape index (κ2) is 8.02. The van der Waals surface area contributed by atoms with Gasteiger partial charge in [0.05, 0.1) is 16.8 Å². The minimum absolute atomic E-state index is 0.0557. The maximum atomic E-state index is 12.0. The summed E-state index contributed by atoms with van der Waals surface area (Å²) in [4.78, 5) is 16.6. The molecule has 0 spiro atoms. The van der Waals surface area contributed by atoms with Crippen molar-refractivity contribution in [3.8, 4) is 0 Å². The lowest BCUT2D eigenvalue weighted by molar-refractivity contribution is -0.118. The third-order valence-electron chi connectivity index (χ3n) is 3.89. The molecule has 0 atom stereocenters. The van der Waals surface area contributed by atoms with E-state index >= 15 is 0 Å². The molecule has 0 unspecified atom stereocenters. The highest BCUT2D eigenvalue weighted by atomic mass is 32.2. The van der Waals surface area contributed by atoms with Crippen molar-refractivity contribution in [3.05, 3.63) is 60.2 Å². The molecule has 0 saturated carbocycles. The molecule has 3 rings (SSSR count). The van der Waals surface area contributed by atoms with Crippen LogP contribution >= 0.6 is 11.8 Å². The number of amides is 1. The largest absolute Gasteiger partial charge is 0.355 e. The summed E-state index contributed by atoms with van der Waals surface area (Å²) in [6.45, 7) is 0.705. The van der Waals surface area contributed by atoms with Crippen molar-refractivity contribution in [2.75, 3.05) is 12.3 Å². The van der Waals surface area contributed by atoms with E-state index in [4.69, 9.17) is 0 Å². The van der Waals surface area contributed by atoms with Gasteiger partial charge in [0, 0.05) is 13.6 Å². The van der Waals surface area contributed by atoms with Crippen molar-refractivity contribution in [2.24, 2.45) is 7.05 Å². The Morgan fingerprint density at radius 1 is 1.12 bits per heavy atom. The molecule has 124 valence electrons. The molecular weight excluding hydrogens is 318 g/mol.